The van der Waals surface area contributed by atoms with Crippen molar-refractivity contribution in [2.45, 2.75) is 6.42 Å². The Morgan fingerprint density at radius 2 is 1.31 bits per heavy atom. The highest BCUT2D eigenvalue weighted by atomic mass is 79.9. The first-order chi connectivity index (χ1) is 7.75. The minimum absolute atomic E-state index is 0.920. The van der Waals surface area contributed by atoms with E-state index in [9.17, 15) is 0 Å². The minimum atomic E-state index is 0.920. The number of rotatable bonds is 0. The molecule has 0 atom stereocenters. The largest absolute Gasteiger partial charge is 0.454 e. The summed E-state index contributed by atoms with van der Waals surface area (Å²) in [5.74, 6) is 1.86. The minimum Gasteiger partial charge on any atom is -0.454 e. The van der Waals surface area contributed by atoms with E-state index in [2.05, 4.69) is 44.0 Å². The van der Waals surface area contributed by atoms with Crippen LogP contribution in [-0.4, -0.2) is 0 Å². The van der Waals surface area contributed by atoms with E-state index >= 15 is 0 Å². The summed E-state index contributed by atoms with van der Waals surface area (Å²) in [6.07, 6.45) is 0.920. The third-order valence-electron chi connectivity index (χ3n) is 2.68. The molecule has 0 aromatic heterocycles. The van der Waals surface area contributed by atoms with E-state index in [1.165, 1.54) is 11.1 Å². The number of halogens is 2. The third kappa shape index (κ3) is 1.59. The molecule has 1 aliphatic heterocycles. The zero-order valence-corrected chi connectivity index (χ0v) is 11.5. The molecule has 0 unspecified atom stereocenters. The molecule has 0 spiro atoms. The number of hydrogen-bond acceptors (Lipinski definition) is 1. The molecule has 16 heavy (non-hydrogen) atoms. The van der Waals surface area contributed by atoms with Gasteiger partial charge in [-0.3, -0.25) is 0 Å². The highest BCUT2D eigenvalue weighted by Crippen LogP contribution is 2.43. The Morgan fingerprint density at radius 3 is 1.81 bits per heavy atom. The normalized spacial score (nSPS) is 12.6. The van der Waals surface area contributed by atoms with Crippen LogP contribution in [0.1, 0.15) is 11.1 Å². The molecule has 2 aromatic carbocycles. The Labute approximate surface area is 111 Å². The second-order valence-electron chi connectivity index (χ2n) is 3.74. The Balaban J connectivity index is 2.17. The summed E-state index contributed by atoms with van der Waals surface area (Å²) in [6.45, 7) is 0. The van der Waals surface area contributed by atoms with Crippen molar-refractivity contribution in [1.82, 2.24) is 0 Å². The van der Waals surface area contributed by atoms with Crippen LogP contribution >= 0.6 is 31.9 Å². The predicted octanol–water partition coefficient (Wildman–Crippen LogP) is 4.91. The Kier molecular flexibility index (Phi) is 2.52. The molecule has 1 aliphatic rings. The van der Waals surface area contributed by atoms with Crippen molar-refractivity contribution >= 4 is 31.9 Å². The van der Waals surface area contributed by atoms with Gasteiger partial charge in [0.25, 0.3) is 0 Å². The molecule has 0 fully saturated rings. The lowest BCUT2D eigenvalue weighted by atomic mass is 10.0. The molecule has 0 N–H and O–H groups in total. The molecule has 2 aromatic rings. The number of para-hydroxylation sites is 2. The van der Waals surface area contributed by atoms with E-state index < -0.39 is 0 Å². The summed E-state index contributed by atoms with van der Waals surface area (Å²) in [6, 6.07) is 12.3. The van der Waals surface area contributed by atoms with E-state index in [0.717, 1.165) is 26.9 Å². The smallest absolute Gasteiger partial charge is 0.145 e. The van der Waals surface area contributed by atoms with Gasteiger partial charge in [-0.1, -0.05) is 24.3 Å². The van der Waals surface area contributed by atoms with Crippen molar-refractivity contribution in [2.24, 2.45) is 0 Å². The standard InChI is InChI=1S/C13H8Br2O/c14-10-5-1-3-8-7-9-4-2-6-11(15)13(9)16-12(8)10/h1-6H,7H2. The van der Waals surface area contributed by atoms with E-state index in [0.29, 0.717) is 0 Å². The van der Waals surface area contributed by atoms with Crippen LogP contribution in [0.2, 0.25) is 0 Å². The van der Waals surface area contributed by atoms with Crippen molar-refractivity contribution < 1.29 is 4.74 Å². The second kappa shape index (κ2) is 3.90. The highest BCUT2D eigenvalue weighted by molar-refractivity contribution is 9.11. The summed E-state index contributed by atoms with van der Waals surface area (Å²) in [5, 5.41) is 0. The fourth-order valence-corrected chi connectivity index (χ4v) is 2.90. The quantitative estimate of drug-likeness (QED) is 0.565. The van der Waals surface area contributed by atoms with Gasteiger partial charge in [0, 0.05) is 17.5 Å². The molecular weight excluding hydrogens is 332 g/mol. The van der Waals surface area contributed by atoms with Crippen LogP contribution in [0.25, 0.3) is 0 Å². The SMILES string of the molecule is Brc1cccc2c1Oc1c(Br)cccc1C2. The number of hydrogen-bond donors (Lipinski definition) is 0. The Morgan fingerprint density at radius 1 is 0.812 bits per heavy atom. The molecule has 0 aliphatic carbocycles. The van der Waals surface area contributed by atoms with Crippen LogP contribution in [0.5, 0.6) is 11.5 Å². The lowest BCUT2D eigenvalue weighted by Crippen LogP contribution is -2.03. The number of benzene rings is 2. The average Bonchev–Trinajstić information content (AvgIpc) is 2.28. The summed E-state index contributed by atoms with van der Waals surface area (Å²) in [5.41, 5.74) is 2.44. The Bertz CT molecular complexity index is 514. The molecule has 0 saturated carbocycles. The summed E-state index contributed by atoms with van der Waals surface area (Å²) in [7, 11) is 0. The summed E-state index contributed by atoms with van der Waals surface area (Å²) < 4.78 is 7.96. The molecule has 0 saturated heterocycles. The van der Waals surface area contributed by atoms with E-state index in [4.69, 9.17) is 4.74 Å². The van der Waals surface area contributed by atoms with Gasteiger partial charge in [0.1, 0.15) is 11.5 Å². The number of fused-ring (bicyclic) bond motifs is 2. The van der Waals surface area contributed by atoms with Gasteiger partial charge >= 0.3 is 0 Å². The average molecular weight is 340 g/mol. The first-order valence-electron chi connectivity index (χ1n) is 4.98. The molecule has 1 nitrogen and oxygen atoms in total. The molecule has 0 radical (unpaired) electrons. The van der Waals surface area contributed by atoms with Crippen LogP contribution in [0, 0.1) is 0 Å². The van der Waals surface area contributed by atoms with E-state index in [1.54, 1.807) is 0 Å². The fourth-order valence-electron chi connectivity index (χ4n) is 1.92. The molecule has 80 valence electrons. The maximum absolute atomic E-state index is 5.95. The molecule has 3 heteroatoms. The second-order valence-corrected chi connectivity index (χ2v) is 5.44. The van der Waals surface area contributed by atoms with Crippen LogP contribution in [0.3, 0.4) is 0 Å². The Hall–Kier alpha value is -0.800. The van der Waals surface area contributed by atoms with Crippen molar-refractivity contribution in [3.05, 3.63) is 56.5 Å². The lowest BCUT2D eigenvalue weighted by molar-refractivity contribution is 0.454. The van der Waals surface area contributed by atoms with Gasteiger partial charge in [-0.2, -0.15) is 0 Å². The van der Waals surface area contributed by atoms with Gasteiger partial charge in [0.15, 0.2) is 0 Å². The van der Waals surface area contributed by atoms with Crippen LogP contribution in [0.4, 0.5) is 0 Å². The third-order valence-corrected chi connectivity index (χ3v) is 3.93. The summed E-state index contributed by atoms with van der Waals surface area (Å²) >= 11 is 7.04. The maximum Gasteiger partial charge on any atom is 0.145 e. The van der Waals surface area contributed by atoms with Crippen molar-refractivity contribution in [2.75, 3.05) is 0 Å². The zero-order valence-electron chi connectivity index (χ0n) is 8.34. The molecule has 0 amide bonds. The molecule has 3 rings (SSSR count). The van der Waals surface area contributed by atoms with Gasteiger partial charge in [-0.25, -0.2) is 0 Å². The van der Waals surface area contributed by atoms with Gasteiger partial charge in [-0.15, -0.1) is 0 Å². The molecular formula is C13H8Br2O. The van der Waals surface area contributed by atoms with Gasteiger partial charge in [-0.05, 0) is 44.0 Å². The van der Waals surface area contributed by atoms with Crippen LogP contribution < -0.4 is 4.74 Å². The monoisotopic (exact) mass is 338 g/mol. The van der Waals surface area contributed by atoms with Gasteiger partial charge in [0.2, 0.25) is 0 Å². The van der Waals surface area contributed by atoms with Gasteiger partial charge < -0.3 is 4.74 Å². The van der Waals surface area contributed by atoms with E-state index in [-0.39, 0.29) is 0 Å². The van der Waals surface area contributed by atoms with Crippen LogP contribution in [-0.2, 0) is 6.42 Å². The molecule has 0 bridgehead atoms. The maximum atomic E-state index is 5.95. The fraction of sp³-hybridized carbons (Fsp3) is 0.0769. The van der Waals surface area contributed by atoms with E-state index in [1.807, 2.05) is 24.3 Å². The first-order valence-corrected chi connectivity index (χ1v) is 6.57. The first kappa shape index (κ1) is 10.4. The predicted molar refractivity (Wildman–Crippen MR) is 71.2 cm³/mol. The van der Waals surface area contributed by atoms with Crippen molar-refractivity contribution in [3.63, 3.8) is 0 Å². The zero-order chi connectivity index (χ0) is 11.1. The molecule has 1 heterocycles. The number of ether oxygens (including phenoxy) is 1. The van der Waals surface area contributed by atoms with Crippen LogP contribution in [0.15, 0.2) is 45.3 Å². The highest BCUT2D eigenvalue weighted by Gasteiger charge is 2.20. The lowest BCUT2D eigenvalue weighted by Gasteiger charge is -2.22. The van der Waals surface area contributed by atoms with Crippen molar-refractivity contribution in [3.8, 4) is 11.5 Å². The summed E-state index contributed by atoms with van der Waals surface area (Å²) in [4.78, 5) is 0. The topological polar surface area (TPSA) is 9.23 Å². The van der Waals surface area contributed by atoms with Crippen molar-refractivity contribution in [1.29, 1.82) is 0 Å². The van der Waals surface area contributed by atoms with Gasteiger partial charge in [0.05, 0.1) is 8.95 Å².